The van der Waals surface area contributed by atoms with Gasteiger partial charge in [0.1, 0.15) is 0 Å². The molecule has 0 radical (unpaired) electrons. The van der Waals surface area contributed by atoms with Crippen LogP contribution in [0.2, 0.25) is 5.02 Å². The first-order valence-electron chi connectivity index (χ1n) is 4.90. The van der Waals surface area contributed by atoms with Crippen molar-refractivity contribution in [2.45, 2.75) is 13.0 Å². The Balaban J connectivity index is 2.83. The first-order chi connectivity index (χ1) is 8.36. The molecule has 0 bridgehead atoms. The molecule has 1 heterocycles. The fourth-order valence-corrected chi connectivity index (χ4v) is 2.08. The summed E-state index contributed by atoms with van der Waals surface area (Å²) in [5.41, 5.74) is 0.00553. The Hall–Kier alpha value is -1.38. The second-order valence-corrected chi connectivity index (χ2v) is 5.47. The van der Waals surface area contributed by atoms with Crippen LogP contribution in [0.15, 0.2) is 18.5 Å². The quantitative estimate of drug-likeness (QED) is 0.752. The average molecular weight is 294 g/mol. The van der Waals surface area contributed by atoms with E-state index in [0.717, 1.165) is 0 Å². The molecule has 7 nitrogen and oxygen atoms in total. The molecule has 1 aromatic heterocycles. The number of anilines is 1. The van der Waals surface area contributed by atoms with Crippen LogP contribution in [0.3, 0.4) is 0 Å². The molecule has 1 rings (SSSR count). The van der Waals surface area contributed by atoms with Gasteiger partial charge in [0, 0.05) is 6.20 Å². The average Bonchev–Trinajstić information content (AvgIpc) is 2.31. The fourth-order valence-electron chi connectivity index (χ4n) is 0.968. The number of aromatic nitrogens is 1. The molecule has 0 aliphatic rings. The molecule has 1 aromatic rings. The minimum absolute atomic E-state index is 0.00553. The monoisotopic (exact) mass is 293 g/mol. The lowest BCUT2D eigenvalue weighted by atomic mass is 10.4. The number of aliphatic hydroxyl groups excluding tert-OH is 1. The molecule has 1 unspecified atom stereocenters. The van der Waals surface area contributed by atoms with Crippen molar-refractivity contribution in [1.82, 2.24) is 10.3 Å². The number of sulfonamides is 1. The molecule has 100 valence electrons. The highest BCUT2D eigenvalue weighted by Crippen LogP contribution is 2.20. The van der Waals surface area contributed by atoms with Gasteiger partial charge in [0.2, 0.25) is 0 Å². The molecule has 3 N–H and O–H groups in total. The molecule has 1 amide bonds. The van der Waals surface area contributed by atoms with Crippen molar-refractivity contribution in [3.05, 3.63) is 23.5 Å². The SMILES string of the molecule is CC(CO)NC(=O)S(=O)(=O)Nc1cnccc1Cl. The highest BCUT2D eigenvalue weighted by atomic mass is 35.5. The lowest BCUT2D eigenvalue weighted by molar-refractivity contribution is 0.234. The summed E-state index contributed by atoms with van der Waals surface area (Å²) in [5.74, 6) is 0. The smallest absolute Gasteiger partial charge is 0.357 e. The fraction of sp³-hybridized carbons (Fsp3) is 0.333. The first kappa shape index (κ1) is 14.7. The van der Waals surface area contributed by atoms with Crippen LogP contribution in [-0.4, -0.2) is 36.4 Å². The molecule has 0 fully saturated rings. The third kappa shape index (κ3) is 3.83. The van der Waals surface area contributed by atoms with Gasteiger partial charge in [0.25, 0.3) is 0 Å². The van der Waals surface area contributed by atoms with Crippen LogP contribution in [-0.2, 0) is 10.0 Å². The summed E-state index contributed by atoms with van der Waals surface area (Å²) >= 11 is 5.73. The summed E-state index contributed by atoms with van der Waals surface area (Å²) in [6.45, 7) is 1.10. The second-order valence-electron chi connectivity index (χ2n) is 3.48. The molecule has 0 aliphatic carbocycles. The normalized spacial score (nSPS) is 12.8. The van der Waals surface area contributed by atoms with Crippen molar-refractivity contribution in [3.63, 3.8) is 0 Å². The van der Waals surface area contributed by atoms with Crippen molar-refractivity contribution in [2.75, 3.05) is 11.3 Å². The molecule has 0 aliphatic heterocycles. The molecule has 18 heavy (non-hydrogen) atoms. The van der Waals surface area contributed by atoms with Gasteiger partial charge >= 0.3 is 15.3 Å². The Kier molecular flexibility index (Phi) is 4.88. The van der Waals surface area contributed by atoms with Gasteiger partial charge in [0.05, 0.1) is 29.6 Å². The van der Waals surface area contributed by atoms with E-state index in [4.69, 9.17) is 16.7 Å². The number of carbonyl (C=O) groups excluding carboxylic acids is 1. The van der Waals surface area contributed by atoms with Gasteiger partial charge in [-0.3, -0.25) is 14.5 Å². The predicted octanol–water partition coefficient (Wildman–Crippen LogP) is 0.567. The Morgan fingerprint density at radius 2 is 2.28 bits per heavy atom. The number of hydrogen-bond acceptors (Lipinski definition) is 5. The minimum atomic E-state index is -4.28. The first-order valence-corrected chi connectivity index (χ1v) is 6.76. The van der Waals surface area contributed by atoms with Crippen LogP contribution < -0.4 is 10.0 Å². The van der Waals surface area contributed by atoms with Crippen LogP contribution in [0.4, 0.5) is 10.5 Å². The van der Waals surface area contributed by atoms with Gasteiger partial charge in [0.15, 0.2) is 0 Å². The van der Waals surface area contributed by atoms with E-state index in [9.17, 15) is 13.2 Å². The summed E-state index contributed by atoms with van der Waals surface area (Å²) in [6, 6.07) is 0.714. The number of hydrogen-bond donors (Lipinski definition) is 3. The number of rotatable bonds is 4. The molecular weight excluding hydrogens is 282 g/mol. The highest BCUT2D eigenvalue weighted by Gasteiger charge is 2.24. The van der Waals surface area contributed by atoms with Gasteiger partial charge < -0.3 is 10.4 Å². The number of aliphatic hydroxyl groups is 1. The summed E-state index contributed by atoms with van der Waals surface area (Å²) in [5, 5.41) is 9.70. The van der Waals surface area contributed by atoms with Crippen molar-refractivity contribution >= 4 is 32.6 Å². The lowest BCUT2D eigenvalue weighted by Gasteiger charge is -2.12. The van der Waals surface area contributed by atoms with E-state index >= 15 is 0 Å². The van der Waals surface area contributed by atoms with Crippen molar-refractivity contribution in [1.29, 1.82) is 0 Å². The van der Waals surface area contributed by atoms with Crippen LogP contribution in [0, 0.1) is 0 Å². The summed E-state index contributed by atoms with van der Waals surface area (Å²) < 4.78 is 25.2. The van der Waals surface area contributed by atoms with E-state index in [0.29, 0.717) is 0 Å². The van der Waals surface area contributed by atoms with Crippen molar-refractivity contribution in [2.24, 2.45) is 0 Å². The van der Waals surface area contributed by atoms with Gasteiger partial charge in [-0.2, -0.15) is 8.42 Å². The number of nitrogens with one attached hydrogen (secondary N) is 2. The van der Waals surface area contributed by atoms with E-state index in [1.165, 1.54) is 25.4 Å². The molecule has 1 atom stereocenters. The van der Waals surface area contributed by atoms with Gasteiger partial charge in [-0.15, -0.1) is 0 Å². The van der Waals surface area contributed by atoms with Gasteiger partial charge in [-0.05, 0) is 13.0 Å². The van der Waals surface area contributed by atoms with Crippen molar-refractivity contribution in [3.8, 4) is 0 Å². The summed E-state index contributed by atoms with van der Waals surface area (Å²) in [4.78, 5) is 15.1. The molecular formula is C9H12ClN3O4S. The zero-order valence-electron chi connectivity index (χ0n) is 9.42. The number of nitrogens with zero attached hydrogens (tertiary/aromatic N) is 1. The number of halogens is 1. The maximum atomic E-state index is 11.6. The van der Waals surface area contributed by atoms with Crippen LogP contribution >= 0.6 is 11.6 Å². The zero-order chi connectivity index (χ0) is 13.8. The molecule has 0 saturated heterocycles. The summed E-state index contributed by atoms with van der Waals surface area (Å²) in [6.07, 6.45) is 2.57. The molecule has 0 spiro atoms. The standard InChI is InChI=1S/C9H12ClN3O4S/c1-6(5-14)12-9(15)18(16,17)13-8-4-11-3-2-7(8)10/h2-4,6,13-14H,5H2,1H3,(H,12,15). The predicted molar refractivity (Wildman–Crippen MR) is 66.9 cm³/mol. The van der Waals surface area contributed by atoms with E-state index in [1.54, 1.807) is 0 Å². The third-order valence-electron chi connectivity index (χ3n) is 1.89. The van der Waals surface area contributed by atoms with E-state index in [1.807, 2.05) is 4.72 Å². The Labute approximate surface area is 109 Å². The third-order valence-corrected chi connectivity index (χ3v) is 3.32. The Morgan fingerprint density at radius 1 is 1.61 bits per heavy atom. The molecule has 0 saturated carbocycles. The van der Waals surface area contributed by atoms with Gasteiger partial charge in [-0.1, -0.05) is 11.6 Å². The number of carbonyl (C=O) groups is 1. The molecule has 9 heteroatoms. The number of pyridine rings is 1. The van der Waals surface area contributed by atoms with E-state index < -0.39 is 21.3 Å². The maximum Gasteiger partial charge on any atom is 0.357 e. The van der Waals surface area contributed by atoms with E-state index in [-0.39, 0.29) is 17.3 Å². The lowest BCUT2D eigenvalue weighted by Crippen LogP contribution is -2.40. The van der Waals surface area contributed by atoms with Crippen LogP contribution in [0.25, 0.3) is 0 Å². The van der Waals surface area contributed by atoms with Gasteiger partial charge in [-0.25, -0.2) is 0 Å². The van der Waals surface area contributed by atoms with Crippen LogP contribution in [0.1, 0.15) is 6.92 Å². The van der Waals surface area contributed by atoms with Crippen molar-refractivity contribution < 1.29 is 18.3 Å². The molecule has 0 aromatic carbocycles. The topological polar surface area (TPSA) is 108 Å². The van der Waals surface area contributed by atoms with Crippen LogP contribution in [0.5, 0.6) is 0 Å². The highest BCUT2D eigenvalue weighted by molar-refractivity contribution is 8.07. The zero-order valence-corrected chi connectivity index (χ0v) is 11.0. The largest absolute Gasteiger partial charge is 0.394 e. The second kappa shape index (κ2) is 5.98. The number of amides is 1. The maximum absolute atomic E-state index is 11.6. The van der Waals surface area contributed by atoms with E-state index in [2.05, 4.69) is 10.3 Å². The Morgan fingerprint density at radius 3 is 2.83 bits per heavy atom. The summed E-state index contributed by atoms with van der Waals surface area (Å²) in [7, 11) is -4.28. The minimum Gasteiger partial charge on any atom is -0.394 e. The Bertz CT molecular complexity index is 534.